The van der Waals surface area contributed by atoms with Gasteiger partial charge in [-0.1, -0.05) is 18.2 Å². The Hall–Kier alpha value is -1.37. The minimum Gasteiger partial charge on any atom is -0.481 e. The molecule has 6 heteroatoms. The van der Waals surface area contributed by atoms with Crippen molar-refractivity contribution in [2.75, 3.05) is 11.9 Å². The van der Waals surface area contributed by atoms with Gasteiger partial charge in [0.15, 0.2) is 6.61 Å². The SMILES string of the molecule is NCc1cc(Br)c(OCC(=O)Nc2ccccc2)c(Br)c1. The summed E-state index contributed by atoms with van der Waals surface area (Å²) < 4.78 is 7.06. The Balaban J connectivity index is 1.98. The number of para-hydroxylation sites is 1. The highest BCUT2D eigenvalue weighted by molar-refractivity contribution is 9.11. The molecule has 2 aromatic rings. The summed E-state index contributed by atoms with van der Waals surface area (Å²) in [6.07, 6.45) is 0. The highest BCUT2D eigenvalue weighted by atomic mass is 79.9. The Kier molecular flexibility index (Phi) is 5.78. The lowest BCUT2D eigenvalue weighted by Gasteiger charge is -2.12. The van der Waals surface area contributed by atoms with Crippen LogP contribution >= 0.6 is 31.9 Å². The molecule has 2 aromatic carbocycles. The maximum atomic E-state index is 11.8. The first kappa shape index (κ1) is 16.0. The number of nitrogens with one attached hydrogen (secondary N) is 1. The van der Waals surface area contributed by atoms with E-state index in [-0.39, 0.29) is 12.5 Å². The number of nitrogens with two attached hydrogens (primary N) is 1. The zero-order valence-corrected chi connectivity index (χ0v) is 14.3. The number of halogens is 2. The zero-order valence-electron chi connectivity index (χ0n) is 11.1. The summed E-state index contributed by atoms with van der Waals surface area (Å²) in [6.45, 7) is 0.361. The number of benzene rings is 2. The summed E-state index contributed by atoms with van der Waals surface area (Å²) in [5.41, 5.74) is 7.31. The van der Waals surface area contributed by atoms with E-state index in [1.165, 1.54) is 0 Å². The Bertz CT molecular complexity index is 610. The van der Waals surface area contributed by atoms with Crippen molar-refractivity contribution >= 4 is 43.5 Å². The van der Waals surface area contributed by atoms with Crippen molar-refractivity contribution < 1.29 is 9.53 Å². The summed E-state index contributed by atoms with van der Waals surface area (Å²) >= 11 is 6.83. The van der Waals surface area contributed by atoms with Crippen LogP contribution in [0.15, 0.2) is 51.4 Å². The highest BCUT2D eigenvalue weighted by Gasteiger charge is 2.11. The molecule has 0 atom stereocenters. The van der Waals surface area contributed by atoms with Crippen LogP contribution in [0.3, 0.4) is 0 Å². The van der Waals surface area contributed by atoms with Crippen LogP contribution in [0.5, 0.6) is 5.75 Å². The second-order valence-corrected chi connectivity index (χ2v) is 6.00. The number of amides is 1. The highest BCUT2D eigenvalue weighted by Crippen LogP contribution is 2.34. The molecule has 0 aliphatic heterocycles. The molecule has 110 valence electrons. The van der Waals surface area contributed by atoms with E-state index in [9.17, 15) is 4.79 Å². The van der Waals surface area contributed by atoms with Gasteiger partial charge in [0.25, 0.3) is 5.91 Å². The number of anilines is 1. The van der Waals surface area contributed by atoms with E-state index in [0.717, 1.165) is 20.2 Å². The predicted octanol–water partition coefficient (Wildman–Crippen LogP) is 3.69. The molecular formula is C15H14Br2N2O2. The molecule has 0 aliphatic carbocycles. The maximum absolute atomic E-state index is 11.8. The second kappa shape index (κ2) is 7.59. The van der Waals surface area contributed by atoms with Gasteiger partial charge in [0.1, 0.15) is 5.75 Å². The standard InChI is InChI=1S/C15H14Br2N2O2/c16-12-6-10(8-18)7-13(17)15(12)21-9-14(20)19-11-4-2-1-3-5-11/h1-7H,8-9,18H2,(H,19,20). The van der Waals surface area contributed by atoms with E-state index in [4.69, 9.17) is 10.5 Å². The molecule has 0 heterocycles. The summed E-state index contributed by atoms with van der Waals surface area (Å²) in [5.74, 6) is 0.360. The van der Waals surface area contributed by atoms with Gasteiger partial charge < -0.3 is 15.8 Å². The van der Waals surface area contributed by atoms with E-state index in [0.29, 0.717) is 12.3 Å². The van der Waals surface area contributed by atoms with Crippen molar-refractivity contribution in [3.8, 4) is 5.75 Å². The first-order chi connectivity index (χ1) is 10.1. The van der Waals surface area contributed by atoms with E-state index < -0.39 is 0 Å². The van der Waals surface area contributed by atoms with Crippen LogP contribution < -0.4 is 15.8 Å². The monoisotopic (exact) mass is 412 g/mol. The number of rotatable bonds is 5. The van der Waals surface area contributed by atoms with Crippen LogP contribution in [0, 0.1) is 0 Å². The smallest absolute Gasteiger partial charge is 0.262 e. The maximum Gasteiger partial charge on any atom is 0.262 e. The van der Waals surface area contributed by atoms with Gasteiger partial charge in [-0.2, -0.15) is 0 Å². The largest absolute Gasteiger partial charge is 0.481 e. The molecule has 0 unspecified atom stereocenters. The van der Waals surface area contributed by atoms with Crippen molar-refractivity contribution in [1.29, 1.82) is 0 Å². The lowest BCUT2D eigenvalue weighted by Crippen LogP contribution is -2.20. The minimum atomic E-state index is -0.220. The molecule has 3 N–H and O–H groups in total. The number of hydrogen-bond acceptors (Lipinski definition) is 3. The summed E-state index contributed by atoms with van der Waals surface area (Å²) in [7, 11) is 0. The van der Waals surface area contributed by atoms with Gasteiger partial charge in [0, 0.05) is 12.2 Å². The topological polar surface area (TPSA) is 64.3 Å². The van der Waals surface area contributed by atoms with Gasteiger partial charge in [0.2, 0.25) is 0 Å². The molecule has 4 nitrogen and oxygen atoms in total. The predicted molar refractivity (Wildman–Crippen MR) is 90.3 cm³/mol. The fourth-order valence-corrected chi connectivity index (χ4v) is 3.23. The van der Waals surface area contributed by atoms with Crippen LogP contribution in [0.2, 0.25) is 0 Å². The molecule has 0 aromatic heterocycles. The first-order valence-corrected chi connectivity index (χ1v) is 7.84. The van der Waals surface area contributed by atoms with Gasteiger partial charge in [-0.25, -0.2) is 0 Å². The molecule has 0 aliphatic rings. The Labute approximate surface area is 139 Å². The summed E-state index contributed by atoms with van der Waals surface area (Å²) in [6, 6.07) is 13.0. The number of carbonyl (C=O) groups excluding carboxylic acids is 1. The number of carbonyl (C=O) groups is 1. The lowest BCUT2D eigenvalue weighted by atomic mass is 10.2. The quantitative estimate of drug-likeness (QED) is 0.785. The average Bonchev–Trinajstić information content (AvgIpc) is 2.47. The molecule has 0 saturated carbocycles. The molecule has 21 heavy (non-hydrogen) atoms. The Morgan fingerprint density at radius 2 is 1.76 bits per heavy atom. The molecule has 2 rings (SSSR count). The van der Waals surface area contributed by atoms with Gasteiger partial charge in [-0.15, -0.1) is 0 Å². The van der Waals surface area contributed by atoms with Gasteiger partial charge >= 0.3 is 0 Å². The fraction of sp³-hybridized carbons (Fsp3) is 0.133. The lowest BCUT2D eigenvalue weighted by molar-refractivity contribution is -0.118. The Morgan fingerprint density at radius 1 is 1.14 bits per heavy atom. The van der Waals surface area contributed by atoms with E-state index >= 15 is 0 Å². The van der Waals surface area contributed by atoms with Gasteiger partial charge in [-0.05, 0) is 61.7 Å². The molecule has 0 saturated heterocycles. The van der Waals surface area contributed by atoms with Crippen LogP contribution in [-0.4, -0.2) is 12.5 Å². The van der Waals surface area contributed by atoms with Crippen molar-refractivity contribution in [3.05, 3.63) is 57.0 Å². The normalized spacial score (nSPS) is 10.2. The number of ether oxygens (including phenoxy) is 1. The average molecular weight is 414 g/mol. The molecule has 0 bridgehead atoms. The third-order valence-electron chi connectivity index (χ3n) is 2.70. The van der Waals surface area contributed by atoms with E-state index in [2.05, 4.69) is 37.2 Å². The zero-order chi connectivity index (χ0) is 15.2. The molecule has 1 amide bonds. The third kappa shape index (κ3) is 4.56. The summed E-state index contributed by atoms with van der Waals surface area (Å²) in [4.78, 5) is 11.8. The van der Waals surface area contributed by atoms with Crippen molar-refractivity contribution in [2.45, 2.75) is 6.54 Å². The van der Waals surface area contributed by atoms with E-state index in [1.807, 2.05) is 42.5 Å². The van der Waals surface area contributed by atoms with Crippen molar-refractivity contribution in [1.82, 2.24) is 0 Å². The molecule has 0 spiro atoms. The number of hydrogen-bond donors (Lipinski definition) is 2. The fourth-order valence-electron chi connectivity index (χ4n) is 1.72. The van der Waals surface area contributed by atoms with Crippen LogP contribution in [0.25, 0.3) is 0 Å². The van der Waals surface area contributed by atoms with Crippen LogP contribution in [-0.2, 0) is 11.3 Å². The van der Waals surface area contributed by atoms with E-state index in [1.54, 1.807) is 0 Å². The molecule has 0 fully saturated rings. The van der Waals surface area contributed by atoms with Gasteiger partial charge in [0.05, 0.1) is 8.95 Å². The summed E-state index contributed by atoms with van der Waals surface area (Å²) in [5, 5.41) is 2.76. The van der Waals surface area contributed by atoms with Crippen LogP contribution in [0.1, 0.15) is 5.56 Å². The van der Waals surface area contributed by atoms with Crippen molar-refractivity contribution in [3.63, 3.8) is 0 Å². The first-order valence-electron chi connectivity index (χ1n) is 6.26. The second-order valence-electron chi connectivity index (χ2n) is 4.30. The van der Waals surface area contributed by atoms with Crippen molar-refractivity contribution in [2.24, 2.45) is 5.73 Å². The van der Waals surface area contributed by atoms with Gasteiger partial charge in [-0.3, -0.25) is 4.79 Å². The third-order valence-corrected chi connectivity index (χ3v) is 3.88. The molecule has 0 radical (unpaired) electrons. The Morgan fingerprint density at radius 3 is 2.33 bits per heavy atom. The van der Waals surface area contributed by atoms with Crippen LogP contribution in [0.4, 0.5) is 5.69 Å². The molecular weight excluding hydrogens is 400 g/mol. The minimum absolute atomic E-state index is 0.0753.